The van der Waals surface area contributed by atoms with Crippen molar-refractivity contribution in [1.82, 2.24) is 20.0 Å². The Hall–Kier alpha value is -1.69. The zero-order valence-electron chi connectivity index (χ0n) is 16.2. The van der Waals surface area contributed by atoms with E-state index < -0.39 is 0 Å². The molecule has 1 aromatic heterocycles. The summed E-state index contributed by atoms with van der Waals surface area (Å²) in [5.74, 6) is 0.985. The molecule has 4 rings (SSSR count). The van der Waals surface area contributed by atoms with E-state index in [0.29, 0.717) is 6.04 Å². The van der Waals surface area contributed by atoms with Crippen molar-refractivity contribution in [3.8, 4) is 11.3 Å². The maximum Gasteiger partial charge on any atom is 0.152 e. The van der Waals surface area contributed by atoms with Crippen LogP contribution in [0, 0.1) is 0 Å². The standard InChI is InChI=1S/C21H28ClN5/c1-3-27-12-10-18-19(14-27)20(15-6-8-16(22)9-7-15)24-25-21(18)23-17-5-4-11-26(2)13-17/h6-9,17H,3-5,10-14H2,1-2H3,(H,23,25). The molecule has 1 unspecified atom stereocenters. The van der Waals surface area contributed by atoms with E-state index in [9.17, 15) is 0 Å². The molecule has 2 aliphatic rings. The van der Waals surface area contributed by atoms with Crippen LogP contribution in [0.15, 0.2) is 24.3 Å². The first kappa shape index (κ1) is 18.7. The highest BCUT2D eigenvalue weighted by molar-refractivity contribution is 6.30. The quantitative estimate of drug-likeness (QED) is 0.869. The monoisotopic (exact) mass is 385 g/mol. The summed E-state index contributed by atoms with van der Waals surface area (Å²) >= 11 is 6.08. The van der Waals surface area contributed by atoms with Crippen molar-refractivity contribution in [2.75, 3.05) is 38.5 Å². The number of aromatic nitrogens is 2. The maximum absolute atomic E-state index is 6.08. The second kappa shape index (κ2) is 8.13. The van der Waals surface area contributed by atoms with Crippen molar-refractivity contribution in [3.63, 3.8) is 0 Å². The smallest absolute Gasteiger partial charge is 0.152 e. The lowest BCUT2D eigenvalue weighted by Crippen LogP contribution is -2.40. The first-order valence-corrected chi connectivity index (χ1v) is 10.3. The molecular weight excluding hydrogens is 358 g/mol. The van der Waals surface area contributed by atoms with Crippen molar-refractivity contribution in [2.24, 2.45) is 0 Å². The van der Waals surface area contributed by atoms with Crippen LogP contribution in [0.5, 0.6) is 0 Å². The van der Waals surface area contributed by atoms with Crippen LogP contribution in [0.1, 0.15) is 30.9 Å². The Kier molecular flexibility index (Phi) is 5.62. The minimum atomic E-state index is 0.452. The fraction of sp³-hybridized carbons (Fsp3) is 0.524. The number of hydrogen-bond acceptors (Lipinski definition) is 5. The van der Waals surface area contributed by atoms with Gasteiger partial charge in [-0.05, 0) is 51.5 Å². The van der Waals surface area contributed by atoms with Crippen LogP contribution in [0.2, 0.25) is 5.02 Å². The van der Waals surface area contributed by atoms with Crippen LogP contribution >= 0.6 is 11.6 Å². The Morgan fingerprint density at radius 1 is 1.15 bits per heavy atom. The van der Waals surface area contributed by atoms with Gasteiger partial charge in [-0.15, -0.1) is 10.2 Å². The number of hydrogen-bond donors (Lipinski definition) is 1. The average Bonchev–Trinajstić information content (AvgIpc) is 2.68. The summed E-state index contributed by atoms with van der Waals surface area (Å²) in [5.41, 5.74) is 4.73. The Labute approximate surface area is 166 Å². The van der Waals surface area contributed by atoms with Gasteiger partial charge in [0.05, 0.1) is 5.69 Å². The van der Waals surface area contributed by atoms with Crippen LogP contribution in [0.25, 0.3) is 11.3 Å². The first-order chi connectivity index (χ1) is 13.1. The van der Waals surface area contributed by atoms with Crippen LogP contribution in [0.3, 0.4) is 0 Å². The zero-order chi connectivity index (χ0) is 18.8. The Morgan fingerprint density at radius 2 is 1.96 bits per heavy atom. The molecule has 0 amide bonds. The zero-order valence-corrected chi connectivity index (χ0v) is 17.0. The lowest BCUT2D eigenvalue weighted by Gasteiger charge is -2.33. The number of anilines is 1. The molecule has 1 aromatic carbocycles. The predicted octanol–water partition coefficient (Wildman–Crippen LogP) is 3.68. The van der Waals surface area contributed by atoms with Crippen molar-refractivity contribution in [3.05, 3.63) is 40.4 Å². The topological polar surface area (TPSA) is 44.3 Å². The molecule has 0 saturated carbocycles. The van der Waals surface area contributed by atoms with E-state index in [1.807, 2.05) is 24.3 Å². The van der Waals surface area contributed by atoms with E-state index in [0.717, 1.165) is 54.7 Å². The van der Waals surface area contributed by atoms with Crippen molar-refractivity contribution < 1.29 is 0 Å². The van der Waals surface area contributed by atoms with Gasteiger partial charge in [-0.1, -0.05) is 30.7 Å². The molecule has 144 valence electrons. The molecule has 1 saturated heterocycles. The first-order valence-electron chi connectivity index (χ1n) is 9.96. The molecule has 27 heavy (non-hydrogen) atoms. The summed E-state index contributed by atoms with van der Waals surface area (Å²) in [4.78, 5) is 4.86. The normalized spacial score (nSPS) is 21.1. The van der Waals surface area contributed by atoms with Crippen LogP contribution in [-0.2, 0) is 13.0 Å². The second-order valence-electron chi connectivity index (χ2n) is 7.73. The highest BCUT2D eigenvalue weighted by Crippen LogP contribution is 2.33. The average molecular weight is 386 g/mol. The highest BCUT2D eigenvalue weighted by atomic mass is 35.5. The molecule has 2 aliphatic heterocycles. The molecular formula is C21H28ClN5. The van der Waals surface area contributed by atoms with E-state index in [-0.39, 0.29) is 0 Å². The molecule has 0 radical (unpaired) electrons. The van der Waals surface area contributed by atoms with Gasteiger partial charge < -0.3 is 10.2 Å². The van der Waals surface area contributed by atoms with Gasteiger partial charge in [-0.2, -0.15) is 0 Å². The Bertz CT molecular complexity index is 792. The number of likely N-dealkylation sites (tertiary alicyclic amines) is 1. The van der Waals surface area contributed by atoms with Gasteiger partial charge in [-0.25, -0.2) is 0 Å². The fourth-order valence-electron chi connectivity index (χ4n) is 4.22. The third kappa shape index (κ3) is 4.10. The van der Waals surface area contributed by atoms with Gasteiger partial charge in [0.1, 0.15) is 0 Å². The molecule has 1 fully saturated rings. The van der Waals surface area contributed by atoms with E-state index in [1.165, 1.54) is 30.5 Å². The molecule has 2 aromatic rings. The van der Waals surface area contributed by atoms with Crippen molar-refractivity contribution in [2.45, 2.75) is 38.8 Å². The SMILES string of the molecule is CCN1CCc2c(NC3CCCN(C)C3)nnc(-c3ccc(Cl)cc3)c2C1. The summed E-state index contributed by atoms with van der Waals surface area (Å²) < 4.78 is 0. The molecule has 6 heteroatoms. The summed E-state index contributed by atoms with van der Waals surface area (Å²) in [6, 6.07) is 8.39. The van der Waals surface area contributed by atoms with Gasteiger partial charge in [0, 0.05) is 47.4 Å². The number of piperidine rings is 1. The minimum absolute atomic E-state index is 0.452. The molecule has 0 aliphatic carbocycles. The summed E-state index contributed by atoms with van der Waals surface area (Å²) in [7, 11) is 2.19. The predicted molar refractivity (Wildman–Crippen MR) is 111 cm³/mol. The third-order valence-corrected chi connectivity index (χ3v) is 6.03. The van der Waals surface area contributed by atoms with Crippen molar-refractivity contribution in [1.29, 1.82) is 0 Å². The molecule has 3 heterocycles. The molecule has 0 bridgehead atoms. The molecule has 0 spiro atoms. The lowest BCUT2D eigenvalue weighted by atomic mass is 9.95. The largest absolute Gasteiger partial charge is 0.364 e. The summed E-state index contributed by atoms with van der Waals surface area (Å²) in [6.07, 6.45) is 3.45. The number of nitrogens with one attached hydrogen (secondary N) is 1. The molecule has 1 atom stereocenters. The van der Waals surface area contributed by atoms with Crippen LogP contribution in [-0.4, -0.2) is 59.3 Å². The van der Waals surface area contributed by atoms with Gasteiger partial charge in [0.15, 0.2) is 5.82 Å². The Balaban J connectivity index is 1.69. The molecule has 5 nitrogen and oxygen atoms in total. The maximum atomic E-state index is 6.08. The van der Waals surface area contributed by atoms with Crippen LogP contribution in [0.4, 0.5) is 5.82 Å². The van der Waals surface area contributed by atoms with E-state index >= 15 is 0 Å². The van der Waals surface area contributed by atoms with Gasteiger partial charge in [0.2, 0.25) is 0 Å². The number of rotatable bonds is 4. The van der Waals surface area contributed by atoms with E-state index in [2.05, 4.69) is 39.3 Å². The lowest BCUT2D eigenvalue weighted by molar-refractivity contribution is 0.259. The van der Waals surface area contributed by atoms with Crippen LogP contribution < -0.4 is 5.32 Å². The third-order valence-electron chi connectivity index (χ3n) is 5.78. The van der Waals surface area contributed by atoms with Gasteiger partial charge in [0.25, 0.3) is 0 Å². The number of benzene rings is 1. The number of likely N-dealkylation sites (N-methyl/N-ethyl adjacent to an activating group) is 2. The summed E-state index contributed by atoms with van der Waals surface area (Å²) in [5, 5.41) is 13.7. The minimum Gasteiger partial charge on any atom is -0.364 e. The van der Waals surface area contributed by atoms with Crippen molar-refractivity contribution >= 4 is 17.4 Å². The number of fused-ring (bicyclic) bond motifs is 1. The number of nitrogens with zero attached hydrogens (tertiary/aromatic N) is 4. The van der Waals surface area contributed by atoms with Gasteiger partial charge in [-0.3, -0.25) is 4.90 Å². The highest BCUT2D eigenvalue weighted by Gasteiger charge is 2.26. The second-order valence-corrected chi connectivity index (χ2v) is 8.16. The Morgan fingerprint density at radius 3 is 2.70 bits per heavy atom. The van der Waals surface area contributed by atoms with E-state index in [1.54, 1.807) is 0 Å². The molecule has 1 N–H and O–H groups in total. The number of halogens is 1. The van der Waals surface area contributed by atoms with E-state index in [4.69, 9.17) is 11.6 Å². The fourth-order valence-corrected chi connectivity index (χ4v) is 4.35. The summed E-state index contributed by atoms with van der Waals surface area (Å²) in [6.45, 7) is 7.53. The van der Waals surface area contributed by atoms with Gasteiger partial charge >= 0.3 is 0 Å².